The maximum Gasteiger partial charge on any atom is 0.335 e. The van der Waals surface area contributed by atoms with Gasteiger partial charge in [0.2, 0.25) is 0 Å². The number of rotatable bonds is 5. The average Bonchev–Trinajstić information content (AvgIpc) is 2.70. The quantitative estimate of drug-likeness (QED) is 0.910. The van der Waals surface area contributed by atoms with Crippen LogP contribution >= 0.6 is 0 Å². The van der Waals surface area contributed by atoms with E-state index in [1.165, 1.54) is 0 Å². The van der Waals surface area contributed by atoms with E-state index < -0.39 is 5.97 Å². The third-order valence-corrected chi connectivity index (χ3v) is 3.74. The van der Waals surface area contributed by atoms with Crippen LogP contribution in [0.15, 0.2) is 18.2 Å². The molecule has 1 heterocycles. The molecular weight excluding hydrogens is 254 g/mol. The van der Waals surface area contributed by atoms with Gasteiger partial charge in [-0.2, -0.15) is 0 Å². The fourth-order valence-electron chi connectivity index (χ4n) is 2.18. The van der Waals surface area contributed by atoms with Gasteiger partial charge in [0.1, 0.15) is 5.82 Å². The van der Waals surface area contributed by atoms with Gasteiger partial charge < -0.3 is 14.6 Å². The van der Waals surface area contributed by atoms with Crippen molar-refractivity contribution in [3.63, 3.8) is 0 Å². The summed E-state index contributed by atoms with van der Waals surface area (Å²) in [6, 6.07) is 5.61. The van der Waals surface area contributed by atoms with Crippen LogP contribution in [0, 0.1) is 6.92 Å². The summed E-state index contributed by atoms with van der Waals surface area (Å²) in [6.07, 6.45) is 0. The standard InChI is InChI=1S/C15H21N3O2/c1-10(2)17(4)7-8-18-11(3)16-13-9-12(15(19)20)5-6-14(13)18/h5-6,9-10H,7-8H2,1-4H3,(H,19,20). The average molecular weight is 275 g/mol. The molecule has 0 radical (unpaired) electrons. The SMILES string of the molecule is Cc1nc2cc(C(=O)O)ccc2n1CCN(C)C(C)C. The van der Waals surface area contributed by atoms with Gasteiger partial charge in [0.05, 0.1) is 16.6 Å². The highest BCUT2D eigenvalue weighted by molar-refractivity contribution is 5.92. The van der Waals surface area contributed by atoms with E-state index in [2.05, 4.69) is 35.3 Å². The molecule has 0 atom stereocenters. The molecule has 0 aliphatic carbocycles. The van der Waals surface area contributed by atoms with E-state index >= 15 is 0 Å². The molecule has 0 amide bonds. The zero-order valence-electron chi connectivity index (χ0n) is 12.4. The van der Waals surface area contributed by atoms with Crippen molar-refractivity contribution >= 4 is 17.0 Å². The van der Waals surface area contributed by atoms with E-state index in [1.54, 1.807) is 12.1 Å². The molecule has 0 saturated carbocycles. The van der Waals surface area contributed by atoms with Gasteiger partial charge in [0, 0.05) is 19.1 Å². The number of likely N-dealkylation sites (N-methyl/N-ethyl adjacent to an activating group) is 1. The predicted octanol–water partition coefficient (Wildman–Crippen LogP) is 2.38. The van der Waals surface area contributed by atoms with E-state index in [0.29, 0.717) is 6.04 Å². The lowest BCUT2D eigenvalue weighted by Gasteiger charge is -2.21. The van der Waals surface area contributed by atoms with Crippen molar-refractivity contribution in [1.29, 1.82) is 0 Å². The van der Waals surface area contributed by atoms with Gasteiger partial charge in [0.15, 0.2) is 0 Å². The lowest BCUT2D eigenvalue weighted by atomic mass is 10.2. The minimum atomic E-state index is -0.918. The van der Waals surface area contributed by atoms with Crippen molar-refractivity contribution in [2.75, 3.05) is 13.6 Å². The Bertz CT molecular complexity index is 631. The maximum absolute atomic E-state index is 11.0. The topological polar surface area (TPSA) is 58.4 Å². The van der Waals surface area contributed by atoms with Crippen molar-refractivity contribution in [3.8, 4) is 0 Å². The summed E-state index contributed by atoms with van der Waals surface area (Å²) in [5.41, 5.74) is 2.01. The fraction of sp³-hybridized carbons (Fsp3) is 0.467. The first kappa shape index (κ1) is 14.5. The molecule has 2 aromatic rings. The second-order valence-electron chi connectivity index (χ2n) is 5.39. The van der Waals surface area contributed by atoms with E-state index in [0.717, 1.165) is 29.9 Å². The summed E-state index contributed by atoms with van der Waals surface area (Å²) in [6.45, 7) is 8.07. The highest BCUT2D eigenvalue weighted by atomic mass is 16.4. The molecule has 1 aromatic heterocycles. The molecule has 0 fully saturated rings. The van der Waals surface area contributed by atoms with Gasteiger partial charge in [-0.3, -0.25) is 0 Å². The molecule has 0 spiro atoms. The summed E-state index contributed by atoms with van der Waals surface area (Å²) in [5.74, 6) is -0.00154. The van der Waals surface area contributed by atoms with Crippen LogP contribution in [0.4, 0.5) is 0 Å². The third kappa shape index (κ3) is 2.82. The molecule has 1 N–H and O–H groups in total. The molecule has 0 saturated heterocycles. The van der Waals surface area contributed by atoms with Crippen molar-refractivity contribution < 1.29 is 9.90 Å². The molecule has 20 heavy (non-hydrogen) atoms. The number of imidazole rings is 1. The van der Waals surface area contributed by atoms with Crippen LogP contribution in [-0.2, 0) is 6.54 Å². The molecule has 2 rings (SSSR count). The van der Waals surface area contributed by atoms with Crippen LogP contribution in [0.25, 0.3) is 11.0 Å². The first-order valence-electron chi connectivity index (χ1n) is 6.80. The summed E-state index contributed by atoms with van der Waals surface area (Å²) in [4.78, 5) is 17.7. The Balaban J connectivity index is 2.30. The number of aromatic carboxylic acids is 1. The minimum absolute atomic E-state index is 0.279. The Labute approximate surface area is 118 Å². The van der Waals surface area contributed by atoms with Crippen LogP contribution in [0.5, 0.6) is 0 Å². The van der Waals surface area contributed by atoms with Gasteiger partial charge in [-0.05, 0) is 46.0 Å². The highest BCUT2D eigenvalue weighted by Crippen LogP contribution is 2.18. The summed E-state index contributed by atoms with van der Waals surface area (Å²) in [5, 5.41) is 9.02. The molecule has 5 nitrogen and oxygen atoms in total. The Morgan fingerprint density at radius 3 is 2.75 bits per heavy atom. The van der Waals surface area contributed by atoms with Crippen molar-refractivity contribution in [3.05, 3.63) is 29.6 Å². The first-order valence-corrected chi connectivity index (χ1v) is 6.80. The number of nitrogens with zero attached hydrogens (tertiary/aromatic N) is 3. The summed E-state index contributed by atoms with van der Waals surface area (Å²) >= 11 is 0. The molecule has 1 aromatic carbocycles. The third-order valence-electron chi connectivity index (χ3n) is 3.74. The van der Waals surface area contributed by atoms with E-state index in [-0.39, 0.29) is 5.56 Å². The lowest BCUT2D eigenvalue weighted by Crippen LogP contribution is -2.29. The number of aromatic nitrogens is 2. The monoisotopic (exact) mass is 275 g/mol. The number of hydrogen-bond donors (Lipinski definition) is 1. The maximum atomic E-state index is 11.0. The molecule has 0 aliphatic heterocycles. The minimum Gasteiger partial charge on any atom is -0.478 e. The molecule has 0 aliphatic rings. The Morgan fingerprint density at radius 2 is 2.15 bits per heavy atom. The number of aryl methyl sites for hydroxylation is 1. The number of carbonyl (C=O) groups is 1. The lowest BCUT2D eigenvalue weighted by molar-refractivity contribution is 0.0697. The fourth-order valence-corrected chi connectivity index (χ4v) is 2.18. The van der Waals surface area contributed by atoms with E-state index in [4.69, 9.17) is 5.11 Å². The zero-order valence-corrected chi connectivity index (χ0v) is 12.4. The number of carboxylic acid groups (broad SMARTS) is 1. The number of fused-ring (bicyclic) bond motifs is 1. The van der Waals surface area contributed by atoms with Crippen LogP contribution < -0.4 is 0 Å². The molecule has 5 heteroatoms. The predicted molar refractivity (Wildman–Crippen MR) is 79.2 cm³/mol. The Morgan fingerprint density at radius 1 is 1.45 bits per heavy atom. The van der Waals surface area contributed by atoms with Crippen LogP contribution in [0.1, 0.15) is 30.0 Å². The number of benzene rings is 1. The number of carboxylic acids is 1. The van der Waals surface area contributed by atoms with Gasteiger partial charge in [-0.1, -0.05) is 0 Å². The van der Waals surface area contributed by atoms with Crippen LogP contribution in [0.3, 0.4) is 0 Å². The smallest absolute Gasteiger partial charge is 0.335 e. The summed E-state index contributed by atoms with van der Waals surface area (Å²) < 4.78 is 2.14. The largest absolute Gasteiger partial charge is 0.478 e. The zero-order chi connectivity index (χ0) is 14.9. The van der Waals surface area contributed by atoms with Crippen molar-refractivity contribution in [2.45, 2.75) is 33.4 Å². The Hall–Kier alpha value is -1.88. The molecule has 0 bridgehead atoms. The van der Waals surface area contributed by atoms with Gasteiger partial charge in [0.25, 0.3) is 0 Å². The van der Waals surface area contributed by atoms with Gasteiger partial charge >= 0.3 is 5.97 Å². The molecular formula is C15H21N3O2. The normalized spacial score (nSPS) is 11.7. The van der Waals surface area contributed by atoms with Gasteiger partial charge in [-0.15, -0.1) is 0 Å². The highest BCUT2D eigenvalue weighted by Gasteiger charge is 2.11. The van der Waals surface area contributed by atoms with E-state index in [1.807, 2.05) is 13.0 Å². The molecule has 0 unspecified atom stereocenters. The number of hydrogen-bond acceptors (Lipinski definition) is 3. The van der Waals surface area contributed by atoms with E-state index in [9.17, 15) is 4.79 Å². The van der Waals surface area contributed by atoms with Crippen molar-refractivity contribution in [1.82, 2.24) is 14.5 Å². The first-order chi connectivity index (χ1) is 9.40. The molecule has 108 valence electrons. The second kappa shape index (κ2) is 5.63. The van der Waals surface area contributed by atoms with Crippen LogP contribution in [-0.4, -0.2) is 45.2 Å². The van der Waals surface area contributed by atoms with Gasteiger partial charge in [-0.25, -0.2) is 9.78 Å². The van der Waals surface area contributed by atoms with Crippen molar-refractivity contribution in [2.24, 2.45) is 0 Å². The Kier molecular flexibility index (Phi) is 4.09. The second-order valence-corrected chi connectivity index (χ2v) is 5.39. The summed E-state index contributed by atoms with van der Waals surface area (Å²) in [7, 11) is 2.10. The van der Waals surface area contributed by atoms with Crippen LogP contribution in [0.2, 0.25) is 0 Å².